The Morgan fingerprint density at radius 2 is 2.00 bits per heavy atom. The average molecular weight is 327 g/mol. The fourth-order valence-corrected chi connectivity index (χ4v) is 3.44. The summed E-state index contributed by atoms with van der Waals surface area (Å²) in [5, 5.41) is 3.73. The molecule has 0 spiro atoms. The molecule has 128 valence electrons. The molecule has 1 aromatic carbocycles. The minimum absolute atomic E-state index is 0.0261. The molecule has 5 nitrogen and oxygen atoms in total. The molecule has 24 heavy (non-hydrogen) atoms. The Labute approximate surface area is 142 Å². The Balaban J connectivity index is 1.64. The number of benzene rings is 1. The van der Waals surface area contributed by atoms with Crippen molar-refractivity contribution in [1.82, 2.24) is 14.9 Å². The van der Waals surface area contributed by atoms with Gasteiger partial charge < -0.3 is 5.32 Å². The molecule has 1 N–H and O–H groups in total. The Hall–Kier alpha value is -2.17. The summed E-state index contributed by atoms with van der Waals surface area (Å²) in [6.07, 6.45) is 8.93. The van der Waals surface area contributed by atoms with E-state index >= 15 is 0 Å². The number of hydrogen-bond donors (Lipinski definition) is 1. The monoisotopic (exact) mass is 327 g/mol. The highest BCUT2D eigenvalue weighted by molar-refractivity contribution is 5.80. The Morgan fingerprint density at radius 1 is 1.25 bits per heavy atom. The van der Waals surface area contributed by atoms with Crippen LogP contribution in [0.1, 0.15) is 50.5 Å². The van der Waals surface area contributed by atoms with Gasteiger partial charge in [-0.3, -0.25) is 14.2 Å². The number of amides is 1. The van der Waals surface area contributed by atoms with Crippen LogP contribution in [0, 0.1) is 6.92 Å². The van der Waals surface area contributed by atoms with Gasteiger partial charge in [-0.25, -0.2) is 4.98 Å². The number of carbonyl (C=O) groups excluding carboxylic acids is 1. The maximum Gasteiger partial charge on any atom is 0.261 e. The van der Waals surface area contributed by atoms with Crippen LogP contribution in [-0.2, 0) is 11.3 Å². The van der Waals surface area contributed by atoms with Gasteiger partial charge in [-0.15, -0.1) is 0 Å². The van der Waals surface area contributed by atoms with Crippen LogP contribution in [0.5, 0.6) is 0 Å². The fourth-order valence-electron chi connectivity index (χ4n) is 3.44. The molecule has 0 radical (unpaired) electrons. The lowest BCUT2D eigenvalue weighted by atomic mass is 10.1. The minimum atomic E-state index is -0.0778. The van der Waals surface area contributed by atoms with E-state index in [1.54, 1.807) is 12.4 Å². The van der Waals surface area contributed by atoms with Gasteiger partial charge >= 0.3 is 0 Å². The van der Waals surface area contributed by atoms with Crippen LogP contribution >= 0.6 is 0 Å². The van der Waals surface area contributed by atoms with Crippen LogP contribution in [-0.4, -0.2) is 21.5 Å². The Kier molecular flexibility index (Phi) is 5.28. The Morgan fingerprint density at radius 3 is 2.75 bits per heavy atom. The number of aryl methyl sites for hydroxylation is 2. The van der Waals surface area contributed by atoms with E-state index in [0.29, 0.717) is 24.4 Å². The number of para-hydroxylation sites is 1. The van der Waals surface area contributed by atoms with E-state index in [9.17, 15) is 9.59 Å². The summed E-state index contributed by atoms with van der Waals surface area (Å²) in [4.78, 5) is 29.1. The minimum Gasteiger partial charge on any atom is -0.353 e. The highest BCUT2D eigenvalue weighted by Crippen LogP contribution is 2.17. The van der Waals surface area contributed by atoms with E-state index in [1.807, 2.05) is 19.1 Å². The number of carbonyl (C=O) groups is 1. The second-order valence-corrected chi connectivity index (χ2v) is 6.72. The topological polar surface area (TPSA) is 64.0 Å². The van der Waals surface area contributed by atoms with Crippen molar-refractivity contribution < 1.29 is 4.79 Å². The number of nitrogens with zero attached hydrogens (tertiary/aromatic N) is 2. The molecule has 2 aromatic rings. The number of aromatic nitrogens is 2. The molecule has 1 aliphatic carbocycles. The highest BCUT2D eigenvalue weighted by Gasteiger charge is 2.15. The molecular formula is C19H25N3O2. The second kappa shape index (κ2) is 7.60. The van der Waals surface area contributed by atoms with E-state index in [2.05, 4.69) is 10.3 Å². The predicted molar refractivity (Wildman–Crippen MR) is 95.0 cm³/mol. The van der Waals surface area contributed by atoms with Crippen molar-refractivity contribution in [3.05, 3.63) is 40.4 Å². The van der Waals surface area contributed by atoms with Crippen LogP contribution < -0.4 is 10.9 Å². The van der Waals surface area contributed by atoms with Crippen molar-refractivity contribution in [2.75, 3.05) is 0 Å². The molecular weight excluding hydrogens is 302 g/mol. The fraction of sp³-hybridized carbons (Fsp3) is 0.526. The molecule has 1 amide bonds. The zero-order valence-corrected chi connectivity index (χ0v) is 14.3. The van der Waals surface area contributed by atoms with Gasteiger partial charge in [0.25, 0.3) is 5.56 Å². The summed E-state index contributed by atoms with van der Waals surface area (Å²) in [5.74, 6) is 0.0261. The van der Waals surface area contributed by atoms with Crippen molar-refractivity contribution in [2.24, 2.45) is 0 Å². The first-order valence-electron chi connectivity index (χ1n) is 8.89. The zero-order chi connectivity index (χ0) is 16.9. The van der Waals surface area contributed by atoms with Crippen molar-refractivity contribution in [2.45, 2.75) is 64.5 Å². The van der Waals surface area contributed by atoms with E-state index in [4.69, 9.17) is 0 Å². The molecule has 3 rings (SSSR count). The highest BCUT2D eigenvalue weighted by atomic mass is 16.2. The first-order valence-corrected chi connectivity index (χ1v) is 8.89. The molecule has 1 fully saturated rings. The lowest BCUT2D eigenvalue weighted by Crippen LogP contribution is -2.35. The summed E-state index contributed by atoms with van der Waals surface area (Å²) >= 11 is 0. The standard InChI is InChI=1S/C19H25N3O2/c1-14-7-6-10-16-18(14)20-13-22(19(16)24)12-11-17(23)21-15-8-4-2-3-5-9-15/h6-7,10,13,15H,2-5,8-9,11-12H2,1H3,(H,21,23). The van der Waals surface area contributed by atoms with Crippen molar-refractivity contribution in [3.8, 4) is 0 Å². The zero-order valence-electron chi connectivity index (χ0n) is 14.3. The summed E-state index contributed by atoms with van der Waals surface area (Å²) < 4.78 is 1.54. The van der Waals surface area contributed by atoms with Crippen LogP contribution in [0.15, 0.2) is 29.3 Å². The molecule has 1 aromatic heterocycles. The van der Waals surface area contributed by atoms with E-state index in [1.165, 1.54) is 30.3 Å². The van der Waals surface area contributed by atoms with Gasteiger partial charge in [0.2, 0.25) is 5.91 Å². The van der Waals surface area contributed by atoms with Crippen LogP contribution in [0.25, 0.3) is 10.9 Å². The summed E-state index contributed by atoms with van der Waals surface area (Å²) in [6, 6.07) is 5.90. The smallest absolute Gasteiger partial charge is 0.261 e. The van der Waals surface area contributed by atoms with Gasteiger partial charge in [-0.2, -0.15) is 0 Å². The summed E-state index contributed by atoms with van der Waals surface area (Å²) in [5.41, 5.74) is 1.65. The number of nitrogens with one attached hydrogen (secondary N) is 1. The van der Waals surface area contributed by atoms with Gasteiger partial charge in [0.05, 0.1) is 17.2 Å². The van der Waals surface area contributed by atoms with Crippen molar-refractivity contribution >= 4 is 16.8 Å². The molecule has 0 atom stereocenters. The maximum absolute atomic E-state index is 12.5. The molecule has 0 unspecified atom stereocenters. The maximum atomic E-state index is 12.5. The molecule has 1 aliphatic rings. The Bertz CT molecular complexity index is 774. The van der Waals surface area contributed by atoms with Crippen molar-refractivity contribution in [3.63, 3.8) is 0 Å². The van der Waals surface area contributed by atoms with E-state index < -0.39 is 0 Å². The third-order valence-electron chi connectivity index (χ3n) is 4.86. The third-order valence-corrected chi connectivity index (χ3v) is 4.86. The third kappa shape index (κ3) is 3.83. The van der Waals surface area contributed by atoms with Gasteiger partial charge in [-0.05, 0) is 31.4 Å². The SMILES string of the molecule is Cc1cccc2c(=O)n(CCC(=O)NC3CCCCCC3)cnc12. The molecule has 0 aliphatic heterocycles. The summed E-state index contributed by atoms with van der Waals surface area (Å²) in [6.45, 7) is 2.31. The lowest BCUT2D eigenvalue weighted by Gasteiger charge is -2.16. The molecule has 0 bridgehead atoms. The second-order valence-electron chi connectivity index (χ2n) is 6.72. The normalized spacial score (nSPS) is 16.0. The van der Waals surface area contributed by atoms with E-state index in [0.717, 1.165) is 23.9 Å². The van der Waals surface area contributed by atoms with Crippen LogP contribution in [0.2, 0.25) is 0 Å². The van der Waals surface area contributed by atoms with Gasteiger partial charge in [-0.1, -0.05) is 37.8 Å². The predicted octanol–water partition coefficient (Wildman–Crippen LogP) is 2.93. The quantitative estimate of drug-likeness (QED) is 0.878. The largest absolute Gasteiger partial charge is 0.353 e. The van der Waals surface area contributed by atoms with Gasteiger partial charge in [0.1, 0.15) is 0 Å². The number of hydrogen-bond acceptors (Lipinski definition) is 3. The summed E-state index contributed by atoms with van der Waals surface area (Å²) in [7, 11) is 0. The molecule has 5 heteroatoms. The average Bonchev–Trinajstić information content (AvgIpc) is 2.83. The first-order chi connectivity index (χ1) is 11.6. The van der Waals surface area contributed by atoms with Gasteiger partial charge in [0.15, 0.2) is 0 Å². The van der Waals surface area contributed by atoms with Crippen molar-refractivity contribution in [1.29, 1.82) is 0 Å². The number of fused-ring (bicyclic) bond motifs is 1. The van der Waals surface area contributed by atoms with Crippen LogP contribution in [0.3, 0.4) is 0 Å². The molecule has 1 saturated carbocycles. The number of rotatable bonds is 4. The lowest BCUT2D eigenvalue weighted by molar-refractivity contribution is -0.122. The van der Waals surface area contributed by atoms with Gasteiger partial charge in [0, 0.05) is 19.0 Å². The molecule has 0 saturated heterocycles. The van der Waals surface area contributed by atoms with E-state index in [-0.39, 0.29) is 11.5 Å². The molecule has 1 heterocycles. The first kappa shape index (κ1) is 16.7. The van der Waals surface area contributed by atoms with Crippen LogP contribution in [0.4, 0.5) is 0 Å².